The van der Waals surface area contributed by atoms with Crippen LogP contribution in [0.15, 0.2) is 24.4 Å². The number of nitrogens with one attached hydrogen (secondary N) is 1. The van der Waals surface area contributed by atoms with Crippen molar-refractivity contribution in [1.29, 1.82) is 0 Å². The second-order valence-corrected chi connectivity index (χ2v) is 7.17. The molecule has 1 aromatic carbocycles. The molecule has 6 heteroatoms. The lowest BCUT2D eigenvalue weighted by Crippen LogP contribution is -2.18. The molecule has 0 radical (unpaired) electrons. The topological polar surface area (TPSA) is 86.5 Å². The lowest BCUT2D eigenvalue weighted by molar-refractivity contribution is 0.0994. The van der Waals surface area contributed by atoms with Gasteiger partial charge in [0, 0.05) is 17.5 Å². The zero-order valence-electron chi connectivity index (χ0n) is 14.5. The summed E-state index contributed by atoms with van der Waals surface area (Å²) in [6, 6.07) is 5.35. The van der Waals surface area contributed by atoms with Gasteiger partial charge in [0.2, 0.25) is 0 Å². The number of rotatable bonds is 6. The number of fused-ring (bicyclic) bond motifs is 2. The summed E-state index contributed by atoms with van der Waals surface area (Å²) in [5.41, 5.74) is 6.52. The van der Waals surface area contributed by atoms with Crippen LogP contribution in [0.4, 0.5) is 0 Å². The number of ether oxygens (including phenoxy) is 2. The standard InChI is InChI=1S/C19H23N3O3/c1-10(2)25-18-6-11-16(5-12(18)19(20)23)22-4-3-17(11)24-9-15-13-7-21-8-14(13)15/h3-6,10,13-15,21H,7-9H2,1-2H3,(H2,20,23)/t13-,14+,15+. The van der Waals surface area contributed by atoms with Crippen molar-refractivity contribution >= 4 is 16.8 Å². The highest BCUT2D eigenvalue weighted by Gasteiger charge is 2.53. The first-order valence-corrected chi connectivity index (χ1v) is 8.77. The first-order valence-electron chi connectivity index (χ1n) is 8.77. The minimum absolute atomic E-state index is 0.0603. The normalized spacial score (nSPS) is 24.4. The molecule has 2 heterocycles. The molecule has 0 bridgehead atoms. The van der Waals surface area contributed by atoms with Gasteiger partial charge in [-0.15, -0.1) is 0 Å². The average Bonchev–Trinajstić information content (AvgIpc) is 2.99. The number of carbonyl (C=O) groups is 1. The summed E-state index contributed by atoms with van der Waals surface area (Å²) < 4.78 is 11.9. The number of piperidine rings is 1. The van der Waals surface area contributed by atoms with E-state index in [1.165, 1.54) is 0 Å². The highest BCUT2D eigenvalue weighted by atomic mass is 16.5. The molecule has 1 amide bonds. The van der Waals surface area contributed by atoms with Crippen LogP contribution in [0, 0.1) is 17.8 Å². The van der Waals surface area contributed by atoms with Gasteiger partial charge in [0.15, 0.2) is 0 Å². The van der Waals surface area contributed by atoms with Crippen molar-refractivity contribution < 1.29 is 14.3 Å². The van der Waals surface area contributed by atoms with Crippen LogP contribution in [-0.2, 0) is 0 Å². The van der Waals surface area contributed by atoms with Crippen LogP contribution in [0.2, 0.25) is 0 Å². The van der Waals surface area contributed by atoms with E-state index in [1.807, 2.05) is 26.0 Å². The van der Waals surface area contributed by atoms with E-state index in [-0.39, 0.29) is 6.10 Å². The van der Waals surface area contributed by atoms with Gasteiger partial charge in [-0.25, -0.2) is 0 Å². The monoisotopic (exact) mass is 341 g/mol. The molecule has 1 saturated carbocycles. The molecule has 3 N–H and O–H groups in total. The fraction of sp³-hybridized carbons (Fsp3) is 0.474. The Hall–Kier alpha value is -2.34. The zero-order valence-corrected chi connectivity index (χ0v) is 14.5. The predicted molar refractivity (Wildman–Crippen MR) is 94.9 cm³/mol. The quantitative estimate of drug-likeness (QED) is 0.839. The van der Waals surface area contributed by atoms with Crippen LogP contribution in [0.5, 0.6) is 11.5 Å². The van der Waals surface area contributed by atoms with Crippen molar-refractivity contribution in [3.63, 3.8) is 0 Å². The Balaban J connectivity index is 1.63. The Bertz CT molecular complexity index is 811. The van der Waals surface area contributed by atoms with E-state index in [9.17, 15) is 4.79 Å². The Morgan fingerprint density at radius 2 is 2.08 bits per heavy atom. The van der Waals surface area contributed by atoms with Gasteiger partial charge in [0.1, 0.15) is 11.5 Å². The lowest BCUT2D eigenvalue weighted by Gasteiger charge is -2.15. The highest BCUT2D eigenvalue weighted by Crippen LogP contribution is 2.48. The van der Waals surface area contributed by atoms with E-state index in [0.717, 1.165) is 36.1 Å². The van der Waals surface area contributed by atoms with Crippen LogP contribution in [0.1, 0.15) is 24.2 Å². The molecule has 0 spiro atoms. The number of hydrogen-bond acceptors (Lipinski definition) is 5. The summed E-state index contributed by atoms with van der Waals surface area (Å²) in [7, 11) is 0. The Morgan fingerprint density at radius 3 is 2.76 bits per heavy atom. The molecule has 3 atom stereocenters. The highest BCUT2D eigenvalue weighted by molar-refractivity contribution is 6.01. The number of nitrogens with zero attached hydrogens (tertiary/aromatic N) is 1. The lowest BCUT2D eigenvalue weighted by atomic mass is 10.1. The van der Waals surface area contributed by atoms with Gasteiger partial charge in [0.25, 0.3) is 5.91 Å². The number of aromatic nitrogens is 1. The van der Waals surface area contributed by atoms with Crippen molar-refractivity contribution in [3.05, 3.63) is 30.0 Å². The van der Waals surface area contributed by atoms with E-state index >= 15 is 0 Å². The summed E-state index contributed by atoms with van der Waals surface area (Å²) in [5, 5.41) is 4.24. The number of pyridine rings is 1. The van der Waals surface area contributed by atoms with Crippen LogP contribution < -0.4 is 20.5 Å². The van der Waals surface area contributed by atoms with Gasteiger partial charge < -0.3 is 20.5 Å². The molecule has 0 unspecified atom stereocenters. The molecular formula is C19H23N3O3. The molecule has 4 rings (SSSR count). The first-order chi connectivity index (χ1) is 12.0. The maximum Gasteiger partial charge on any atom is 0.252 e. The molecule has 1 aliphatic heterocycles. The van der Waals surface area contributed by atoms with E-state index in [2.05, 4.69) is 10.3 Å². The average molecular weight is 341 g/mol. The molecule has 2 fully saturated rings. The second kappa shape index (κ2) is 6.19. The predicted octanol–water partition coefficient (Wildman–Crippen LogP) is 1.97. The van der Waals surface area contributed by atoms with Crippen molar-refractivity contribution in [2.45, 2.75) is 20.0 Å². The van der Waals surface area contributed by atoms with E-state index < -0.39 is 5.91 Å². The summed E-state index contributed by atoms with van der Waals surface area (Å²) in [5.74, 6) is 2.88. The first kappa shape index (κ1) is 16.1. The molecule has 25 heavy (non-hydrogen) atoms. The SMILES string of the molecule is CC(C)Oc1cc2c(OC[C@H]3[C@@H]4CNC[C@@H]43)ccnc2cc1C(N)=O. The summed E-state index contributed by atoms with van der Waals surface area (Å²) in [4.78, 5) is 16.1. The van der Waals surface area contributed by atoms with Crippen LogP contribution in [0.25, 0.3) is 10.9 Å². The van der Waals surface area contributed by atoms with Crippen molar-refractivity contribution in [2.75, 3.05) is 19.7 Å². The summed E-state index contributed by atoms with van der Waals surface area (Å²) in [6.45, 7) is 6.74. The van der Waals surface area contributed by atoms with Gasteiger partial charge >= 0.3 is 0 Å². The van der Waals surface area contributed by atoms with Crippen LogP contribution in [-0.4, -0.2) is 36.7 Å². The number of amides is 1. The van der Waals surface area contributed by atoms with Crippen LogP contribution >= 0.6 is 0 Å². The third-order valence-electron chi connectivity index (χ3n) is 5.13. The molecular weight excluding hydrogens is 318 g/mol. The number of benzene rings is 1. The third-order valence-corrected chi connectivity index (χ3v) is 5.13. The van der Waals surface area contributed by atoms with E-state index in [0.29, 0.717) is 29.4 Å². The van der Waals surface area contributed by atoms with Crippen molar-refractivity contribution in [3.8, 4) is 11.5 Å². The summed E-state index contributed by atoms with van der Waals surface area (Å²) in [6.07, 6.45) is 1.63. The second-order valence-electron chi connectivity index (χ2n) is 7.17. The number of primary amides is 1. The van der Waals surface area contributed by atoms with Gasteiger partial charge in [0.05, 0.1) is 23.8 Å². The van der Waals surface area contributed by atoms with E-state index in [4.69, 9.17) is 15.2 Å². The molecule has 132 valence electrons. The number of nitrogens with two attached hydrogens (primary N) is 1. The number of hydrogen-bond donors (Lipinski definition) is 2. The van der Waals surface area contributed by atoms with Crippen molar-refractivity contribution in [2.24, 2.45) is 23.5 Å². The van der Waals surface area contributed by atoms with Gasteiger partial charge in [-0.05, 0) is 57.0 Å². The Kier molecular flexibility index (Phi) is 4.00. The molecule has 1 aliphatic carbocycles. The van der Waals surface area contributed by atoms with Crippen molar-refractivity contribution in [1.82, 2.24) is 10.3 Å². The minimum Gasteiger partial charge on any atom is -0.493 e. The maximum absolute atomic E-state index is 11.7. The maximum atomic E-state index is 11.7. The summed E-state index contributed by atoms with van der Waals surface area (Å²) >= 11 is 0. The number of carbonyl (C=O) groups excluding carboxylic acids is 1. The minimum atomic E-state index is -0.524. The molecule has 2 aliphatic rings. The fourth-order valence-electron chi connectivity index (χ4n) is 3.80. The molecule has 1 saturated heterocycles. The molecule has 6 nitrogen and oxygen atoms in total. The fourth-order valence-corrected chi connectivity index (χ4v) is 3.80. The Morgan fingerprint density at radius 1 is 1.32 bits per heavy atom. The van der Waals surface area contributed by atoms with Gasteiger partial charge in [-0.2, -0.15) is 0 Å². The molecule has 2 aromatic rings. The third kappa shape index (κ3) is 3.02. The zero-order chi connectivity index (χ0) is 17.6. The van der Waals surface area contributed by atoms with Crippen LogP contribution in [0.3, 0.4) is 0 Å². The van der Waals surface area contributed by atoms with Gasteiger partial charge in [-0.3, -0.25) is 9.78 Å². The van der Waals surface area contributed by atoms with E-state index in [1.54, 1.807) is 12.3 Å². The Labute approximate surface area is 146 Å². The molecule has 1 aromatic heterocycles. The smallest absolute Gasteiger partial charge is 0.252 e. The largest absolute Gasteiger partial charge is 0.493 e. The van der Waals surface area contributed by atoms with Gasteiger partial charge in [-0.1, -0.05) is 0 Å².